The summed E-state index contributed by atoms with van der Waals surface area (Å²) in [5.41, 5.74) is 2.06. The number of para-hydroxylation sites is 1. The van der Waals surface area contributed by atoms with Crippen LogP contribution in [0.1, 0.15) is 42.1 Å². The molecule has 0 aromatic heterocycles. The van der Waals surface area contributed by atoms with Crippen LogP contribution in [0.4, 0.5) is 10.1 Å². The third-order valence-electron chi connectivity index (χ3n) is 5.16. The topological polar surface area (TPSA) is 61.4 Å². The Morgan fingerprint density at radius 2 is 1.90 bits per heavy atom. The molecule has 2 aromatic rings. The minimum Gasteiger partial charge on any atom is -0.352 e. The van der Waals surface area contributed by atoms with E-state index in [1.807, 2.05) is 13.0 Å². The molecule has 0 unspecified atom stereocenters. The van der Waals surface area contributed by atoms with Gasteiger partial charge < -0.3 is 10.6 Å². The lowest BCUT2D eigenvalue weighted by Crippen LogP contribution is -2.40. The molecule has 2 amide bonds. The van der Waals surface area contributed by atoms with Gasteiger partial charge in [-0.25, -0.2) is 4.39 Å². The molecule has 154 valence electrons. The van der Waals surface area contributed by atoms with Crippen LogP contribution in [0.2, 0.25) is 0 Å². The largest absolute Gasteiger partial charge is 0.352 e. The summed E-state index contributed by atoms with van der Waals surface area (Å²) in [5.74, 6) is -0.629. The van der Waals surface area contributed by atoms with Crippen molar-refractivity contribution >= 4 is 17.5 Å². The van der Waals surface area contributed by atoms with Gasteiger partial charge in [-0.1, -0.05) is 31.2 Å². The minimum absolute atomic E-state index is 0.0652. The zero-order valence-corrected chi connectivity index (χ0v) is 16.8. The fraction of sp³-hybridized carbons (Fsp3) is 0.391. The van der Waals surface area contributed by atoms with Crippen LogP contribution in [-0.4, -0.2) is 36.3 Å². The van der Waals surface area contributed by atoms with Gasteiger partial charge in [-0.05, 0) is 55.6 Å². The van der Waals surface area contributed by atoms with Crippen molar-refractivity contribution in [3.8, 4) is 0 Å². The maximum Gasteiger partial charge on any atom is 0.253 e. The maximum absolute atomic E-state index is 13.1. The number of anilines is 1. The van der Waals surface area contributed by atoms with Gasteiger partial charge >= 0.3 is 0 Å². The van der Waals surface area contributed by atoms with E-state index in [1.165, 1.54) is 12.1 Å². The molecular formula is C23H28FN3O2. The van der Waals surface area contributed by atoms with Gasteiger partial charge in [0.15, 0.2) is 0 Å². The highest BCUT2D eigenvalue weighted by atomic mass is 19.1. The fourth-order valence-corrected chi connectivity index (χ4v) is 3.62. The SMILES string of the molecule is CCCNC(=O)c1ccccc1NC(=O)[C@@H]1CCCN(Cc2ccc(F)cc2)C1. The highest BCUT2D eigenvalue weighted by Gasteiger charge is 2.26. The lowest BCUT2D eigenvalue weighted by Gasteiger charge is -2.32. The molecule has 0 bridgehead atoms. The van der Waals surface area contributed by atoms with E-state index < -0.39 is 0 Å². The van der Waals surface area contributed by atoms with Crippen molar-refractivity contribution < 1.29 is 14.0 Å². The van der Waals surface area contributed by atoms with Crippen LogP contribution in [0, 0.1) is 11.7 Å². The van der Waals surface area contributed by atoms with Gasteiger partial charge in [-0.2, -0.15) is 0 Å². The second kappa shape index (κ2) is 10.2. The predicted molar refractivity (Wildman–Crippen MR) is 112 cm³/mol. The summed E-state index contributed by atoms with van der Waals surface area (Å²) in [6.45, 7) is 4.85. The number of halogens is 1. The van der Waals surface area contributed by atoms with Crippen LogP contribution < -0.4 is 10.6 Å². The second-order valence-corrected chi connectivity index (χ2v) is 7.49. The number of benzene rings is 2. The van der Waals surface area contributed by atoms with Gasteiger partial charge in [0.05, 0.1) is 17.2 Å². The Hall–Kier alpha value is -2.73. The lowest BCUT2D eigenvalue weighted by molar-refractivity contribution is -0.121. The molecule has 1 fully saturated rings. The summed E-state index contributed by atoms with van der Waals surface area (Å²) in [4.78, 5) is 27.5. The fourth-order valence-electron chi connectivity index (χ4n) is 3.62. The standard InChI is InChI=1S/C23H28FN3O2/c1-2-13-25-23(29)20-7-3-4-8-21(20)26-22(28)18-6-5-14-27(16-18)15-17-9-11-19(24)12-10-17/h3-4,7-12,18H,2,5-6,13-16H2,1H3,(H,25,29)(H,26,28)/t18-/m1/s1. The molecule has 1 aliphatic rings. The Labute approximate surface area is 171 Å². The Balaban J connectivity index is 1.62. The summed E-state index contributed by atoms with van der Waals surface area (Å²) in [6.07, 6.45) is 2.60. The lowest BCUT2D eigenvalue weighted by atomic mass is 9.96. The van der Waals surface area contributed by atoms with E-state index in [4.69, 9.17) is 0 Å². The van der Waals surface area contributed by atoms with E-state index in [9.17, 15) is 14.0 Å². The van der Waals surface area contributed by atoms with Crippen LogP contribution in [0.15, 0.2) is 48.5 Å². The first-order chi connectivity index (χ1) is 14.1. The van der Waals surface area contributed by atoms with Crippen LogP contribution in [0.3, 0.4) is 0 Å². The molecule has 3 rings (SSSR count). The molecule has 2 N–H and O–H groups in total. The molecule has 29 heavy (non-hydrogen) atoms. The molecule has 1 heterocycles. The van der Waals surface area contributed by atoms with Gasteiger partial charge in [-0.15, -0.1) is 0 Å². The molecule has 0 spiro atoms. The zero-order chi connectivity index (χ0) is 20.6. The van der Waals surface area contributed by atoms with Crippen molar-refractivity contribution in [3.05, 3.63) is 65.5 Å². The maximum atomic E-state index is 13.1. The molecule has 1 atom stereocenters. The van der Waals surface area contributed by atoms with Crippen molar-refractivity contribution in [1.82, 2.24) is 10.2 Å². The highest BCUT2D eigenvalue weighted by Crippen LogP contribution is 2.22. The van der Waals surface area contributed by atoms with Crippen molar-refractivity contribution in [1.29, 1.82) is 0 Å². The average Bonchev–Trinajstić information content (AvgIpc) is 2.74. The molecule has 0 saturated carbocycles. The Kier molecular flexibility index (Phi) is 7.36. The first-order valence-electron chi connectivity index (χ1n) is 10.2. The summed E-state index contributed by atoms with van der Waals surface area (Å²) in [5, 5.41) is 5.81. The first-order valence-corrected chi connectivity index (χ1v) is 10.2. The van der Waals surface area contributed by atoms with Gasteiger partial charge in [0.25, 0.3) is 5.91 Å². The number of amides is 2. The number of hydrogen-bond acceptors (Lipinski definition) is 3. The number of nitrogens with zero attached hydrogens (tertiary/aromatic N) is 1. The van der Waals surface area contributed by atoms with Crippen molar-refractivity contribution in [3.63, 3.8) is 0 Å². The second-order valence-electron chi connectivity index (χ2n) is 7.49. The molecule has 5 nitrogen and oxygen atoms in total. The normalized spacial score (nSPS) is 17.0. The highest BCUT2D eigenvalue weighted by molar-refractivity contribution is 6.04. The molecular weight excluding hydrogens is 369 g/mol. The van der Waals surface area contributed by atoms with Crippen molar-refractivity contribution in [2.24, 2.45) is 5.92 Å². The van der Waals surface area contributed by atoms with E-state index in [-0.39, 0.29) is 23.5 Å². The number of piperidine rings is 1. The van der Waals surface area contributed by atoms with Crippen molar-refractivity contribution in [2.45, 2.75) is 32.7 Å². The van der Waals surface area contributed by atoms with Crippen LogP contribution >= 0.6 is 0 Å². The Morgan fingerprint density at radius 1 is 1.14 bits per heavy atom. The minimum atomic E-state index is -0.244. The van der Waals surface area contributed by atoms with Crippen molar-refractivity contribution in [2.75, 3.05) is 25.0 Å². The summed E-state index contributed by atoms with van der Waals surface area (Å²) in [7, 11) is 0. The van der Waals surface area contributed by atoms with Crippen LogP contribution in [0.5, 0.6) is 0 Å². The summed E-state index contributed by atoms with van der Waals surface area (Å²) < 4.78 is 13.1. The molecule has 1 aliphatic heterocycles. The predicted octanol–water partition coefficient (Wildman–Crippen LogP) is 3.82. The number of hydrogen-bond donors (Lipinski definition) is 2. The smallest absolute Gasteiger partial charge is 0.253 e. The zero-order valence-electron chi connectivity index (χ0n) is 16.8. The third-order valence-corrected chi connectivity index (χ3v) is 5.16. The van der Waals surface area contributed by atoms with E-state index in [2.05, 4.69) is 15.5 Å². The number of likely N-dealkylation sites (tertiary alicyclic amines) is 1. The van der Waals surface area contributed by atoms with E-state index in [0.717, 1.165) is 31.4 Å². The van der Waals surface area contributed by atoms with Gasteiger partial charge in [0.1, 0.15) is 5.82 Å². The quantitative estimate of drug-likeness (QED) is 0.747. The Bertz CT molecular complexity index is 838. The third kappa shape index (κ3) is 5.87. The van der Waals surface area contributed by atoms with E-state index in [1.54, 1.807) is 30.3 Å². The van der Waals surface area contributed by atoms with Gasteiger partial charge in [-0.3, -0.25) is 14.5 Å². The molecule has 0 aliphatic carbocycles. The summed E-state index contributed by atoms with van der Waals surface area (Å²) >= 11 is 0. The molecule has 1 saturated heterocycles. The monoisotopic (exact) mass is 397 g/mol. The average molecular weight is 397 g/mol. The number of carbonyl (C=O) groups excluding carboxylic acids is 2. The number of rotatable bonds is 7. The van der Waals surface area contributed by atoms with E-state index in [0.29, 0.717) is 30.9 Å². The van der Waals surface area contributed by atoms with Crippen LogP contribution in [0.25, 0.3) is 0 Å². The summed E-state index contributed by atoms with van der Waals surface area (Å²) in [6, 6.07) is 13.6. The Morgan fingerprint density at radius 3 is 2.66 bits per heavy atom. The van der Waals surface area contributed by atoms with E-state index >= 15 is 0 Å². The molecule has 6 heteroatoms. The first kappa shape index (κ1) is 21.0. The number of nitrogens with one attached hydrogen (secondary N) is 2. The molecule has 0 radical (unpaired) electrons. The van der Waals surface area contributed by atoms with Gasteiger partial charge in [0, 0.05) is 19.6 Å². The molecule has 2 aromatic carbocycles. The van der Waals surface area contributed by atoms with Gasteiger partial charge in [0.2, 0.25) is 5.91 Å². The van der Waals surface area contributed by atoms with Crippen LogP contribution in [-0.2, 0) is 11.3 Å². The number of carbonyl (C=O) groups is 2.